The second kappa shape index (κ2) is 4.17. The fraction of sp³-hybridized carbons (Fsp3) is 0.900. The Morgan fingerprint density at radius 2 is 1.71 bits per heavy atom. The van der Waals surface area contributed by atoms with Gasteiger partial charge >= 0.3 is 6.09 Å². The largest absolute Gasteiger partial charge is 0.440 e. The van der Waals surface area contributed by atoms with Gasteiger partial charge in [-0.1, -0.05) is 0 Å². The number of rotatable bonds is 3. The Morgan fingerprint density at radius 1 is 1.29 bits per heavy atom. The summed E-state index contributed by atoms with van der Waals surface area (Å²) in [6.45, 7) is 10.3. The molecule has 0 bridgehead atoms. The molecule has 14 heavy (non-hydrogen) atoms. The van der Waals surface area contributed by atoms with Gasteiger partial charge in [-0.15, -0.1) is 0 Å². The lowest BCUT2D eigenvalue weighted by Crippen LogP contribution is -2.50. The van der Waals surface area contributed by atoms with Crippen LogP contribution in [0.5, 0.6) is 0 Å². The van der Waals surface area contributed by atoms with Crippen LogP contribution in [0.2, 0.25) is 0 Å². The van der Waals surface area contributed by atoms with Gasteiger partial charge in [-0.3, -0.25) is 0 Å². The number of aliphatic hydroxyl groups is 1. The molecule has 0 heterocycles. The molecule has 0 saturated carbocycles. The highest BCUT2D eigenvalue weighted by Crippen LogP contribution is 2.24. The highest BCUT2D eigenvalue weighted by molar-refractivity contribution is 5.68. The summed E-state index contributed by atoms with van der Waals surface area (Å²) in [5, 5.41) is 12.3. The molecule has 0 atom stereocenters. The molecule has 0 unspecified atom stereocenters. The van der Waals surface area contributed by atoms with Gasteiger partial charge in [0.25, 0.3) is 0 Å². The van der Waals surface area contributed by atoms with E-state index in [0.29, 0.717) is 0 Å². The van der Waals surface area contributed by atoms with Crippen LogP contribution in [0.3, 0.4) is 0 Å². The van der Waals surface area contributed by atoms with E-state index in [0.717, 1.165) is 0 Å². The summed E-state index contributed by atoms with van der Waals surface area (Å²) < 4.78 is 5.11. The van der Waals surface area contributed by atoms with E-state index in [1.165, 1.54) is 0 Å². The third-order valence-corrected chi connectivity index (χ3v) is 2.23. The van der Waals surface area contributed by atoms with Gasteiger partial charge in [0.15, 0.2) is 0 Å². The number of carbonyl (C=O) groups is 1. The van der Waals surface area contributed by atoms with Crippen LogP contribution in [0, 0.1) is 0 Å². The van der Waals surface area contributed by atoms with Crippen molar-refractivity contribution in [1.82, 2.24) is 5.32 Å². The minimum atomic E-state index is -1.07. The monoisotopic (exact) mass is 203 g/mol. The minimum Gasteiger partial charge on any atom is -0.440 e. The number of ether oxygens (including phenoxy) is 1. The molecule has 1 amide bonds. The number of alkyl carbamates (subject to hydrolysis) is 1. The molecule has 0 saturated heterocycles. The zero-order valence-electron chi connectivity index (χ0n) is 9.84. The van der Waals surface area contributed by atoms with Gasteiger partial charge in [0, 0.05) is 6.04 Å². The third kappa shape index (κ3) is 3.96. The van der Waals surface area contributed by atoms with Crippen molar-refractivity contribution in [2.75, 3.05) is 0 Å². The van der Waals surface area contributed by atoms with Gasteiger partial charge in [-0.25, -0.2) is 4.79 Å². The van der Waals surface area contributed by atoms with E-state index in [9.17, 15) is 9.90 Å². The van der Waals surface area contributed by atoms with Crippen molar-refractivity contribution in [3.05, 3.63) is 0 Å². The van der Waals surface area contributed by atoms with E-state index in [-0.39, 0.29) is 6.04 Å². The lowest BCUT2D eigenvalue weighted by Gasteiger charge is -2.36. The first-order valence-corrected chi connectivity index (χ1v) is 4.78. The Kier molecular flexibility index (Phi) is 3.94. The molecule has 0 aliphatic heterocycles. The summed E-state index contributed by atoms with van der Waals surface area (Å²) in [4.78, 5) is 11.3. The van der Waals surface area contributed by atoms with Crippen molar-refractivity contribution in [3.63, 3.8) is 0 Å². The van der Waals surface area contributed by atoms with Crippen LogP contribution in [0.1, 0.15) is 41.5 Å². The number of amides is 1. The molecule has 0 rings (SSSR count). The van der Waals surface area contributed by atoms with Crippen LogP contribution in [0.4, 0.5) is 4.79 Å². The predicted octanol–water partition coefficient (Wildman–Crippen LogP) is 1.67. The summed E-state index contributed by atoms with van der Waals surface area (Å²) in [6.07, 6.45) is -0.507. The molecule has 4 nitrogen and oxygen atoms in total. The van der Waals surface area contributed by atoms with Gasteiger partial charge < -0.3 is 15.2 Å². The molecule has 0 aromatic carbocycles. The average molecular weight is 203 g/mol. The number of hydrogen-bond donors (Lipinski definition) is 2. The fourth-order valence-corrected chi connectivity index (χ4v) is 0.622. The van der Waals surface area contributed by atoms with Gasteiger partial charge in [-0.2, -0.15) is 0 Å². The average Bonchev–Trinajstić information content (AvgIpc) is 1.79. The highest BCUT2D eigenvalue weighted by Gasteiger charge is 2.38. The fourth-order valence-electron chi connectivity index (χ4n) is 0.622. The van der Waals surface area contributed by atoms with Crippen LogP contribution in [0.25, 0.3) is 0 Å². The Labute approximate surface area is 85.6 Å². The zero-order valence-corrected chi connectivity index (χ0v) is 9.84. The van der Waals surface area contributed by atoms with E-state index in [1.807, 2.05) is 13.8 Å². The van der Waals surface area contributed by atoms with Gasteiger partial charge in [0.2, 0.25) is 0 Å². The van der Waals surface area contributed by atoms with Crippen molar-refractivity contribution < 1.29 is 14.6 Å². The van der Waals surface area contributed by atoms with Crippen LogP contribution in [-0.2, 0) is 4.74 Å². The molecule has 0 aliphatic rings. The highest BCUT2D eigenvalue weighted by atomic mass is 16.6. The summed E-state index contributed by atoms with van der Waals surface area (Å²) >= 11 is 0. The van der Waals surface area contributed by atoms with E-state index in [4.69, 9.17) is 4.74 Å². The first-order chi connectivity index (χ1) is 6.06. The molecule has 0 aromatic heterocycles. The quantitative estimate of drug-likeness (QED) is 0.733. The van der Waals surface area contributed by atoms with E-state index in [2.05, 4.69) is 5.32 Å². The zero-order chi connectivity index (χ0) is 11.6. The second-order valence-corrected chi connectivity index (χ2v) is 4.76. The van der Waals surface area contributed by atoms with Crippen molar-refractivity contribution >= 4 is 6.09 Å². The molecule has 0 spiro atoms. The van der Waals surface area contributed by atoms with Gasteiger partial charge in [0.05, 0.1) is 5.60 Å². The van der Waals surface area contributed by atoms with E-state index < -0.39 is 17.3 Å². The predicted molar refractivity (Wildman–Crippen MR) is 55.1 cm³/mol. The molecule has 84 valence electrons. The summed E-state index contributed by atoms with van der Waals surface area (Å²) in [6, 6.07) is 0.0279. The molecular weight excluding hydrogens is 182 g/mol. The number of hydrogen-bond acceptors (Lipinski definition) is 3. The summed E-state index contributed by atoms with van der Waals surface area (Å²) in [5.41, 5.74) is -1.98. The SMILES string of the molecule is CC(C)NC(=O)OC(C)(C)C(C)(C)O. The molecule has 4 heteroatoms. The van der Waals surface area contributed by atoms with Crippen molar-refractivity contribution in [3.8, 4) is 0 Å². The van der Waals surface area contributed by atoms with E-state index >= 15 is 0 Å². The first-order valence-electron chi connectivity index (χ1n) is 4.78. The lowest BCUT2D eigenvalue weighted by molar-refractivity contribution is -0.112. The standard InChI is InChI=1S/C10H21NO3/c1-7(2)11-8(12)14-10(5,6)9(3,4)13/h7,13H,1-6H3,(H,11,12). The maximum Gasteiger partial charge on any atom is 0.407 e. The van der Waals surface area contributed by atoms with Gasteiger partial charge in [0.1, 0.15) is 5.60 Å². The van der Waals surface area contributed by atoms with Crippen LogP contribution in [0.15, 0.2) is 0 Å². The molecular formula is C10H21NO3. The Bertz CT molecular complexity index is 204. The second-order valence-electron chi connectivity index (χ2n) is 4.76. The van der Waals surface area contributed by atoms with Crippen LogP contribution < -0.4 is 5.32 Å². The van der Waals surface area contributed by atoms with Crippen LogP contribution in [-0.4, -0.2) is 28.4 Å². The molecule has 2 N–H and O–H groups in total. The summed E-state index contributed by atoms with van der Waals surface area (Å²) in [7, 11) is 0. The maximum atomic E-state index is 11.3. The first kappa shape index (κ1) is 13.2. The Morgan fingerprint density at radius 3 is 2.00 bits per heavy atom. The van der Waals surface area contributed by atoms with Crippen LogP contribution >= 0.6 is 0 Å². The molecule has 0 radical (unpaired) electrons. The number of carbonyl (C=O) groups excluding carboxylic acids is 1. The molecule has 0 aliphatic carbocycles. The van der Waals surface area contributed by atoms with E-state index in [1.54, 1.807) is 27.7 Å². The van der Waals surface area contributed by atoms with Crippen molar-refractivity contribution in [2.45, 2.75) is 58.8 Å². The Balaban J connectivity index is 4.30. The molecule has 0 aromatic rings. The smallest absolute Gasteiger partial charge is 0.407 e. The minimum absolute atomic E-state index is 0.0279. The Hall–Kier alpha value is -0.770. The normalized spacial score (nSPS) is 12.9. The topological polar surface area (TPSA) is 58.6 Å². The maximum absolute atomic E-state index is 11.3. The lowest BCUT2D eigenvalue weighted by atomic mass is 9.90. The number of nitrogens with one attached hydrogen (secondary N) is 1. The molecule has 0 fully saturated rings. The van der Waals surface area contributed by atoms with Gasteiger partial charge in [-0.05, 0) is 41.5 Å². The van der Waals surface area contributed by atoms with Crippen molar-refractivity contribution in [1.29, 1.82) is 0 Å². The van der Waals surface area contributed by atoms with Crippen molar-refractivity contribution in [2.24, 2.45) is 0 Å². The third-order valence-electron chi connectivity index (χ3n) is 2.23. The summed E-state index contributed by atoms with van der Waals surface area (Å²) in [5.74, 6) is 0.